The fourth-order valence-corrected chi connectivity index (χ4v) is 8.26. The summed E-state index contributed by atoms with van der Waals surface area (Å²) in [4.78, 5) is 59.3. The number of benzene rings is 5. The molecule has 5 amide bonds. The lowest BCUT2D eigenvalue weighted by Crippen LogP contribution is -2.76. The number of phenolic OH excluding ortho intramolecular Hbond substituents is 2. The summed E-state index contributed by atoms with van der Waals surface area (Å²) in [7, 11) is 1.95. The van der Waals surface area contributed by atoms with Crippen LogP contribution < -0.4 is 10.6 Å². The van der Waals surface area contributed by atoms with Gasteiger partial charge in [0.15, 0.2) is 0 Å². The van der Waals surface area contributed by atoms with Crippen LogP contribution in [-0.4, -0.2) is 90.2 Å². The SMILES string of the molecule is C=CCN1CC(=O)N2[C@@H](Cc3ccc(O)cc3)C(=O)N(Cc3cccc4c(-c5ccc(C(=O)Nc6cccc(O)c6)cc5)cn(C)c34)C[C@@H]2N1C(=O)NCc1ccccc1. The predicted octanol–water partition coefficient (Wildman–Crippen LogP) is 6.25. The number of rotatable bonds is 11. The lowest BCUT2D eigenvalue weighted by atomic mass is 9.97. The zero-order chi connectivity index (χ0) is 41.9. The van der Waals surface area contributed by atoms with Gasteiger partial charge in [0.1, 0.15) is 23.7 Å². The van der Waals surface area contributed by atoms with Crippen LogP contribution in [0.2, 0.25) is 0 Å². The Morgan fingerprint density at radius 2 is 1.60 bits per heavy atom. The van der Waals surface area contributed by atoms with Crippen molar-refractivity contribution in [2.75, 3.05) is 25.0 Å². The van der Waals surface area contributed by atoms with E-state index in [1.807, 2.05) is 78.5 Å². The van der Waals surface area contributed by atoms with E-state index in [9.17, 15) is 29.4 Å². The number of phenols is 2. The van der Waals surface area contributed by atoms with E-state index in [0.717, 1.165) is 38.7 Å². The Morgan fingerprint density at radius 1 is 0.850 bits per heavy atom. The van der Waals surface area contributed by atoms with Gasteiger partial charge in [-0.3, -0.25) is 14.4 Å². The van der Waals surface area contributed by atoms with E-state index in [1.165, 1.54) is 12.1 Å². The molecule has 304 valence electrons. The topological polar surface area (TPSA) is 151 Å². The standard InChI is InChI=1S/C47H45N7O6/c1-3-23-52-30-43(57)53-41(24-31-15-21-37(55)22-16-31)46(59)51(29-42(53)54(52)47(60)48-26-32-9-5-4-6-10-32)27-35-11-7-14-39-40(28-50(2)44(35)39)33-17-19-34(20-18-33)45(58)49-36-12-8-13-38(56)25-36/h3-22,25,28,41-42,55-56H,1,23-24,26-27,29-30H2,2H3,(H,48,60)(H,49,58)/t41-,42-/m0/s1. The van der Waals surface area contributed by atoms with Crippen LogP contribution in [-0.2, 0) is 36.1 Å². The van der Waals surface area contributed by atoms with Gasteiger partial charge >= 0.3 is 6.03 Å². The summed E-state index contributed by atoms with van der Waals surface area (Å²) in [6.07, 6.45) is 3.02. The minimum Gasteiger partial charge on any atom is -0.508 e. The zero-order valence-corrected chi connectivity index (χ0v) is 33.1. The molecule has 13 heteroatoms. The highest BCUT2D eigenvalue weighted by atomic mass is 16.3. The monoisotopic (exact) mass is 803 g/mol. The molecule has 0 saturated carbocycles. The second-order valence-corrected chi connectivity index (χ2v) is 15.1. The van der Waals surface area contributed by atoms with Gasteiger partial charge in [-0.2, -0.15) is 0 Å². The lowest BCUT2D eigenvalue weighted by Gasteiger charge is -2.55. The number of amides is 5. The van der Waals surface area contributed by atoms with Crippen molar-refractivity contribution in [3.05, 3.63) is 162 Å². The molecule has 0 radical (unpaired) electrons. The summed E-state index contributed by atoms with van der Waals surface area (Å²) in [5, 5.41) is 29.8. The highest BCUT2D eigenvalue weighted by Crippen LogP contribution is 2.35. The molecule has 0 spiro atoms. The maximum Gasteiger partial charge on any atom is 0.334 e. The molecule has 6 aromatic rings. The largest absolute Gasteiger partial charge is 0.508 e. The number of nitrogens with one attached hydrogen (secondary N) is 2. The maximum atomic E-state index is 14.7. The summed E-state index contributed by atoms with van der Waals surface area (Å²) in [6, 6.07) is 34.4. The van der Waals surface area contributed by atoms with Crippen molar-refractivity contribution in [3.8, 4) is 22.6 Å². The van der Waals surface area contributed by atoms with E-state index in [0.29, 0.717) is 11.3 Å². The van der Waals surface area contributed by atoms with Crippen LogP contribution in [0.25, 0.3) is 22.0 Å². The number of aromatic nitrogens is 1. The fourth-order valence-electron chi connectivity index (χ4n) is 8.26. The Balaban J connectivity index is 1.11. The Morgan fingerprint density at radius 3 is 2.33 bits per heavy atom. The Labute approximate surface area is 347 Å². The molecule has 2 atom stereocenters. The van der Waals surface area contributed by atoms with E-state index in [1.54, 1.807) is 74.4 Å². The molecule has 8 rings (SSSR count). The number of hydrogen-bond donors (Lipinski definition) is 4. The van der Waals surface area contributed by atoms with Gasteiger partial charge in [0.25, 0.3) is 5.91 Å². The predicted molar refractivity (Wildman–Crippen MR) is 228 cm³/mol. The van der Waals surface area contributed by atoms with E-state index in [4.69, 9.17) is 0 Å². The molecule has 60 heavy (non-hydrogen) atoms. The van der Waals surface area contributed by atoms with Crippen LogP contribution >= 0.6 is 0 Å². The molecule has 2 aliphatic heterocycles. The Kier molecular flexibility index (Phi) is 11.1. The number of hydrazine groups is 1. The lowest BCUT2D eigenvalue weighted by molar-refractivity contribution is -0.189. The summed E-state index contributed by atoms with van der Waals surface area (Å²) in [5.41, 5.74) is 6.23. The average Bonchev–Trinajstić information content (AvgIpc) is 3.59. The second kappa shape index (κ2) is 16.8. The number of carbonyl (C=O) groups excluding carboxylic acids is 4. The molecule has 2 saturated heterocycles. The summed E-state index contributed by atoms with van der Waals surface area (Å²) < 4.78 is 2.02. The average molecular weight is 804 g/mol. The van der Waals surface area contributed by atoms with Crippen LogP contribution in [0.4, 0.5) is 10.5 Å². The normalized spacial score (nSPS) is 16.8. The number of fused-ring (bicyclic) bond motifs is 2. The number of nitrogens with zero attached hydrogens (tertiary/aromatic N) is 5. The first-order valence-corrected chi connectivity index (χ1v) is 19.7. The third-order valence-corrected chi connectivity index (χ3v) is 11.0. The van der Waals surface area contributed by atoms with Gasteiger partial charge in [-0.05, 0) is 58.7 Å². The number of aromatic hydroxyl groups is 2. The fraction of sp³-hybridized carbons (Fsp3) is 0.191. The van der Waals surface area contributed by atoms with Crippen molar-refractivity contribution >= 4 is 40.3 Å². The first-order chi connectivity index (χ1) is 29.1. The van der Waals surface area contributed by atoms with Gasteiger partial charge in [0.2, 0.25) is 11.8 Å². The Bertz CT molecular complexity index is 2570. The van der Waals surface area contributed by atoms with Gasteiger partial charge in [-0.15, -0.1) is 6.58 Å². The molecular weight excluding hydrogens is 759 g/mol. The molecule has 0 aliphatic carbocycles. The number of hydrogen-bond acceptors (Lipinski definition) is 7. The van der Waals surface area contributed by atoms with Gasteiger partial charge in [0, 0.05) is 67.6 Å². The molecule has 2 fully saturated rings. The number of para-hydroxylation sites is 1. The molecular formula is C47H45N7O6. The van der Waals surface area contributed by atoms with Gasteiger partial charge in [0.05, 0.1) is 18.6 Å². The van der Waals surface area contributed by atoms with Crippen molar-refractivity contribution in [2.45, 2.75) is 31.7 Å². The van der Waals surface area contributed by atoms with Crippen molar-refractivity contribution < 1.29 is 29.4 Å². The van der Waals surface area contributed by atoms with Gasteiger partial charge < -0.3 is 35.2 Å². The smallest absolute Gasteiger partial charge is 0.334 e. The summed E-state index contributed by atoms with van der Waals surface area (Å²) in [6.45, 7) is 4.53. The molecule has 2 aliphatic rings. The quantitative estimate of drug-likeness (QED) is 0.113. The van der Waals surface area contributed by atoms with Crippen molar-refractivity contribution in [2.24, 2.45) is 7.05 Å². The summed E-state index contributed by atoms with van der Waals surface area (Å²) >= 11 is 0. The maximum absolute atomic E-state index is 14.7. The van der Waals surface area contributed by atoms with Gasteiger partial charge in [-0.1, -0.05) is 84.9 Å². The molecule has 0 unspecified atom stereocenters. The molecule has 0 bridgehead atoms. The highest BCUT2D eigenvalue weighted by molar-refractivity contribution is 6.05. The molecule has 3 heterocycles. The minimum atomic E-state index is -0.928. The number of carbonyl (C=O) groups is 4. The second-order valence-electron chi connectivity index (χ2n) is 15.1. The first kappa shape index (κ1) is 39.4. The first-order valence-electron chi connectivity index (χ1n) is 19.7. The number of piperazine rings is 1. The third kappa shape index (κ3) is 8.03. The molecule has 5 aromatic carbocycles. The summed E-state index contributed by atoms with van der Waals surface area (Å²) in [5.74, 6) is -0.684. The highest BCUT2D eigenvalue weighted by Gasteiger charge is 2.51. The number of aryl methyl sites for hydroxylation is 1. The molecule has 13 nitrogen and oxygen atoms in total. The van der Waals surface area contributed by atoms with E-state index >= 15 is 0 Å². The van der Waals surface area contributed by atoms with E-state index in [-0.39, 0.29) is 68.4 Å². The zero-order valence-electron chi connectivity index (χ0n) is 33.1. The minimum absolute atomic E-state index is 0.0575. The van der Waals surface area contributed by atoms with E-state index in [2.05, 4.69) is 17.2 Å². The van der Waals surface area contributed by atoms with Crippen molar-refractivity contribution in [3.63, 3.8) is 0 Å². The number of urea groups is 1. The van der Waals surface area contributed by atoms with Crippen molar-refractivity contribution in [1.82, 2.24) is 29.7 Å². The molecule has 4 N–H and O–H groups in total. The van der Waals surface area contributed by atoms with Crippen LogP contribution in [0.15, 0.2) is 140 Å². The third-order valence-electron chi connectivity index (χ3n) is 11.0. The van der Waals surface area contributed by atoms with Crippen molar-refractivity contribution in [1.29, 1.82) is 0 Å². The van der Waals surface area contributed by atoms with E-state index < -0.39 is 18.2 Å². The van der Waals surface area contributed by atoms with Crippen LogP contribution in [0, 0.1) is 0 Å². The number of anilines is 1. The van der Waals surface area contributed by atoms with Crippen LogP contribution in [0.1, 0.15) is 27.0 Å². The Hall–Kier alpha value is -7.38. The van der Waals surface area contributed by atoms with Gasteiger partial charge in [-0.25, -0.2) is 14.8 Å². The van der Waals surface area contributed by atoms with Crippen LogP contribution in [0.3, 0.4) is 0 Å². The van der Waals surface area contributed by atoms with Crippen LogP contribution in [0.5, 0.6) is 11.5 Å². The molecule has 1 aromatic heterocycles.